The van der Waals surface area contributed by atoms with Gasteiger partial charge in [-0.1, -0.05) is 0 Å². The topological polar surface area (TPSA) is 56.1 Å². The fraction of sp³-hybridized carbons (Fsp3) is 0.562. The first-order valence-corrected chi connectivity index (χ1v) is 7.76. The average Bonchev–Trinajstić information content (AvgIpc) is 2.93. The Kier molecular flexibility index (Phi) is 4.80. The maximum atomic E-state index is 5.13. The predicted octanol–water partition coefficient (Wildman–Crippen LogP) is 1.74. The highest BCUT2D eigenvalue weighted by Crippen LogP contribution is 2.26. The van der Waals surface area contributed by atoms with Gasteiger partial charge in [0.25, 0.3) is 0 Å². The number of aryl methyl sites for hydroxylation is 1. The zero-order chi connectivity index (χ0) is 15.4. The van der Waals surface area contributed by atoms with Crippen molar-refractivity contribution in [2.45, 2.75) is 31.9 Å². The quantitative estimate of drug-likeness (QED) is 0.842. The molecule has 0 N–H and O–H groups in total. The van der Waals surface area contributed by atoms with E-state index in [2.05, 4.69) is 26.0 Å². The molecule has 0 spiro atoms. The largest absolute Gasteiger partial charge is 0.377 e. The van der Waals surface area contributed by atoms with Crippen LogP contribution in [0.1, 0.15) is 36.0 Å². The lowest BCUT2D eigenvalue weighted by Crippen LogP contribution is -2.34. The van der Waals surface area contributed by atoms with E-state index in [9.17, 15) is 0 Å². The Morgan fingerprint density at radius 3 is 3.00 bits per heavy atom. The Bertz CT molecular complexity index is 612. The molecule has 1 saturated heterocycles. The number of aromatic nitrogens is 4. The van der Waals surface area contributed by atoms with E-state index in [-0.39, 0.29) is 0 Å². The highest BCUT2D eigenvalue weighted by Gasteiger charge is 2.23. The second-order valence-corrected chi connectivity index (χ2v) is 5.85. The summed E-state index contributed by atoms with van der Waals surface area (Å²) in [6.07, 6.45) is 6.09. The number of hydrogen-bond donors (Lipinski definition) is 0. The molecular formula is C16H23N5O. The molecule has 2 aromatic rings. The summed E-state index contributed by atoms with van der Waals surface area (Å²) in [7, 11) is 3.67. The van der Waals surface area contributed by atoms with Crippen LogP contribution in [0.2, 0.25) is 0 Å². The summed E-state index contributed by atoms with van der Waals surface area (Å²) in [4.78, 5) is 11.4. The van der Waals surface area contributed by atoms with Gasteiger partial charge in [0.2, 0.25) is 0 Å². The minimum Gasteiger partial charge on any atom is -0.377 e. The van der Waals surface area contributed by atoms with Crippen LogP contribution in [0, 0.1) is 0 Å². The third-order valence-electron chi connectivity index (χ3n) is 4.23. The monoisotopic (exact) mass is 301 g/mol. The molecule has 0 amide bonds. The molecule has 118 valence electrons. The zero-order valence-electron chi connectivity index (χ0n) is 13.3. The second-order valence-electron chi connectivity index (χ2n) is 5.85. The van der Waals surface area contributed by atoms with Crippen molar-refractivity contribution >= 4 is 0 Å². The first-order chi connectivity index (χ1) is 10.8. The Morgan fingerprint density at radius 2 is 2.23 bits per heavy atom. The summed E-state index contributed by atoms with van der Waals surface area (Å²) < 4.78 is 7.08. The van der Waals surface area contributed by atoms with Gasteiger partial charge in [-0.25, -0.2) is 9.97 Å². The number of hydrogen-bond acceptors (Lipinski definition) is 5. The van der Waals surface area contributed by atoms with E-state index in [1.165, 1.54) is 18.5 Å². The third kappa shape index (κ3) is 3.51. The molecule has 2 aromatic heterocycles. The van der Waals surface area contributed by atoms with Crippen molar-refractivity contribution in [1.82, 2.24) is 24.6 Å². The fourth-order valence-corrected chi connectivity index (χ4v) is 3.07. The number of likely N-dealkylation sites (tertiary alicyclic amines) is 1. The van der Waals surface area contributed by atoms with E-state index >= 15 is 0 Å². The smallest absolute Gasteiger partial charge is 0.154 e. The average molecular weight is 301 g/mol. The van der Waals surface area contributed by atoms with Crippen molar-refractivity contribution in [3.63, 3.8) is 0 Å². The Balaban J connectivity index is 1.67. The molecule has 1 aliphatic heterocycles. The molecule has 6 nitrogen and oxygen atoms in total. The van der Waals surface area contributed by atoms with Crippen molar-refractivity contribution in [2.24, 2.45) is 7.05 Å². The molecule has 0 aromatic carbocycles. The highest BCUT2D eigenvalue weighted by atomic mass is 16.5. The number of ether oxygens (including phenoxy) is 1. The van der Waals surface area contributed by atoms with Gasteiger partial charge >= 0.3 is 0 Å². The fourth-order valence-electron chi connectivity index (χ4n) is 3.07. The van der Waals surface area contributed by atoms with Crippen LogP contribution in [-0.4, -0.2) is 44.8 Å². The number of nitrogens with zero attached hydrogens (tertiary/aromatic N) is 5. The zero-order valence-corrected chi connectivity index (χ0v) is 13.3. The molecule has 0 radical (unpaired) electrons. The second kappa shape index (κ2) is 6.98. The maximum Gasteiger partial charge on any atom is 0.154 e. The molecule has 1 aliphatic rings. The van der Waals surface area contributed by atoms with Crippen LogP contribution in [0.25, 0.3) is 0 Å². The summed E-state index contributed by atoms with van der Waals surface area (Å²) in [5, 5.41) is 4.25. The lowest BCUT2D eigenvalue weighted by molar-refractivity contribution is 0.175. The van der Waals surface area contributed by atoms with Gasteiger partial charge in [0.05, 0.1) is 5.69 Å². The summed E-state index contributed by atoms with van der Waals surface area (Å²) in [6.45, 7) is 3.59. The summed E-state index contributed by atoms with van der Waals surface area (Å²) in [6, 6.07) is 4.13. The van der Waals surface area contributed by atoms with Crippen molar-refractivity contribution in [3.8, 4) is 0 Å². The summed E-state index contributed by atoms with van der Waals surface area (Å²) >= 11 is 0. The van der Waals surface area contributed by atoms with Crippen LogP contribution in [0.3, 0.4) is 0 Å². The minimum absolute atomic E-state index is 0.472. The molecule has 0 bridgehead atoms. The van der Waals surface area contributed by atoms with Crippen LogP contribution in [-0.2, 0) is 24.9 Å². The van der Waals surface area contributed by atoms with E-state index in [1.54, 1.807) is 7.11 Å². The van der Waals surface area contributed by atoms with E-state index in [0.717, 1.165) is 31.2 Å². The molecule has 22 heavy (non-hydrogen) atoms. The molecule has 1 fully saturated rings. The molecule has 3 heterocycles. The van der Waals surface area contributed by atoms with Gasteiger partial charge in [0.1, 0.15) is 6.61 Å². The molecule has 1 unspecified atom stereocenters. The Morgan fingerprint density at radius 1 is 1.32 bits per heavy atom. The molecule has 3 rings (SSSR count). The number of rotatable bonds is 5. The van der Waals surface area contributed by atoms with E-state index in [1.807, 2.05) is 30.2 Å². The normalized spacial score (nSPS) is 19.5. The van der Waals surface area contributed by atoms with Gasteiger partial charge in [-0.2, -0.15) is 5.10 Å². The van der Waals surface area contributed by atoms with E-state index in [4.69, 9.17) is 4.74 Å². The van der Waals surface area contributed by atoms with Crippen LogP contribution >= 0.6 is 0 Å². The SMILES string of the molecule is COCc1nccc(C2CCCN(Cc3ccnn3C)C2)n1. The van der Waals surface area contributed by atoms with Crippen LogP contribution in [0.4, 0.5) is 0 Å². The van der Waals surface area contributed by atoms with Gasteiger partial charge in [-0.15, -0.1) is 0 Å². The number of piperidine rings is 1. The van der Waals surface area contributed by atoms with Crippen molar-refractivity contribution in [2.75, 3.05) is 20.2 Å². The van der Waals surface area contributed by atoms with Gasteiger partial charge in [-0.3, -0.25) is 9.58 Å². The molecule has 1 atom stereocenters. The molecule has 0 saturated carbocycles. The van der Waals surface area contributed by atoms with Crippen molar-refractivity contribution in [3.05, 3.63) is 41.7 Å². The lowest BCUT2D eigenvalue weighted by Gasteiger charge is -2.32. The van der Waals surface area contributed by atoms with Crippen LogP contribution in [0.5, 0.6) is 0 Å². The standard InChI is InChI=1S/C16H23N5O/c1-20-14(5-8-18-20)11-21-9-3-4-13(10-21)15-6-7-17-16(19-15)12-22-2/h5-8,13H,3-4,9-12H2,1-2H3. The van der Waals surface area contributed by atoms with E-state index < -0.39 is 0 Å². The lowest BCUT2D eigenvalue weighted by atomic mass is 9.94. The van der Waals surface area contributed by atoms with Gasteiger partial charge in [-0.05, 0) is 31.5 Å². The first-order valence-electron chi connectivity index (χ1n) is 7.76. The molecule has 6 heteroatoms. The van der Waals surface area contributed by atoms with E-state index in [0.29, 0.717) is 12.5 Å². The minimum atomic E-state index is 0.472. The summed E-state index contributed by atoms with van der Waals surface area (Å²) in [5.41, 5.74) is 2.39. The van der Waals surface area contributed by atoms with Gasteiger partial charge in [0, 0.05) is 51.3 Å². The van der Waals surface area contributed by atoms with Crippen molar-refractivity contribution < 1.29 is 4.74 Å². The van der Waals surface area contributed by atoms with Crippen molar-refractivity contribution in [1.29, 1.82) is 0 Å². The maximum absolute atomic E-state index is 5.13. The Labute approximate surface area is 131 Å². The first kappa shape index (κ1) is 15.1. The predicted molar refractivity (Wildman–Crippen MR) is 83.2 cm³/mol. The Hall–Kier alpha value is -1.79. The highest BCUT2D eigenvalue weighted by molar-refractivity contribution is 5.11. The van der Waals surface area contributed by atoms with Crippen LogP contribution < -0.4 is 0 Å². The van der Waals surface area contributed by atoms with Gasteiger partial charge < -0.3 is 4.74 Å². The summed E-state index contributed by atoms with van der Waals surface area (Å²) in [5.74, 6) is 1.24. The number of methoxy groups -OCH3 is 1. The molecular weight excluding hydrogens is 278 g/mol. The van der Waals surface area contributed by atoms with Crippen LogP contribution in [0.15, 0.2) is 24.5 Å². The molecule has 0 aliphatic carbocycles. The third-order valence-corrected chi connectivity index (χ3v) is 4.23. The van der Waals surface area contributed by atoms with Gasteiger partial charge in [0.15, 0.2) is 5.82 Å².